The first-order valence-electron chi connectivity index (χ1n) is 8.91. The number of nitrogens with zero attached hydrogens (tertiary/aromatic N) is 1. The summed E-state index contributed by atoms with van der Waals surface area (Å²) in [6.07, 6.45) is 9.19. The molecule has 25 heavy (non-hydrogen) atoms. The van der Waals surface area contributed by atoms with Gasteiger partial charge in [-0.2, -0.15) is 0 Å². The predicted octanol–water partition coefficient (Wildman–Crippen LogP) is 4.36. The van der Waals surface area contributed by atoms with E-state index in [0.717, 1.165) is 23.7 Å². The van der Waals surface area contributed by atoms with Crippen molar-refractivity contribution in [2.24, 2.45) is 0 Å². The fourth-order valence-electron chi connectivity index (χ4n) is 4.03. The van der Waals surface area contributed by atoms with Crippen LogP contribution in [0.2, 0.25) is 0 Å². The number of thioether (sulfide) groups is 2. The lowest BCUT2D eigenvalue weighted by Gasteiger charge is -2.30. The van der Waals surface area contributed by atoms with Crippen LogP contribution < -0.4 is 5.32 Å². The lowest BCUT2D eigenvalue weighted by atomic mass is 10.1. The van der Waals surface area contributed by atoms with Gasteiger partial charge >= 0.3 is 0 Å². The van der Waals surface area contributed by atoms with Crippen LogP contribution >= 0.6 is 39.5 Å². The average molecular weight is 443 g/mol. The number of alkyl halides is 1. The molecule has 2 atom stereocenters. The lowest BCUT2D eigenvalue weighted by molar-refractivity contribution is 0.0912. The van der Waals surface area contributed by atoms with Gasteiger partial charge in [-0.05, 0) is 69.0 Å². The summed E-state index contributed by atoms with van der Waals surface area (Å²) in [5, 5.41) is 4.18. The summed E-state index contributed by atoms with van der Waals surface area (Å²) in [6.45, 7) is 2.35. The van der Waals surface area contributed by atoms with Crippen LogP contribution in [0.1, 0.15) is 41.6 Å². The quantitative estimate of drug-likeness (QED) is 0.523. The van der Waals surface area contributed by atoms with Crippen LogP contribution in [0.15, 0.2) is 24.3 Å². The van der Waals surface area contributed by atoms with Gasteiger partial charge in [0.1, 0.15) is 0 Å². The van der Waals surface area contributed by atoms with E-state index in [2.05, 4.69) is 38.7 Å². The van der Waals surface area contributed by atoms with Crippen LogP contribution in [0.5, 0.6) is 0 Å². The van der Waals surface area contributed by atoms with E-state index in [4.69, 9.17) is 0 Å². The van der Waals surface area contributed by atoms with Crippen molar-refractivity contribution in [1.82, 2.24) is 10.2 Å². The summed E-state index contributed by atoms with van der Waals surface area (Å²) < 4.78 is 0.227. The Balaban J connectivity index is 1.73. The Bertz CT molecular complexity index is 586. The summed E-state index contributed by atoms with van der Waals surface area (Å²) in [4.78, 5) is 15.4. The van der Waals surface area contributed by atoms with Gasteiger partial charge in [-0.3, -0.25) is 9.69 Å². The summed E-state index contributed by atoms with van der Waals surface area (Å²) >= 11 is 7.36. The van der Waals surface area contributed by atoms with E-state index in [1.54, 1.807) is 0 Å². The molecule has 138 valence electrons. The molecule has 1 saturated heterocycles. The fraction of sp³-hybridized carbons (Fsp3) is 0.632. The molecule has 1 amide bonds. The minimum Gasteiger partial charge on any atom is -0.348 e. The molecule has 2 unspecified atom stereocenters. The molecule has 1 heterocycles. The van der Waals surface area contributed by atoms with Crippen molar-refractivity contribution in [2.45, 2.75) is 47.2 Å². The van der Waals surface area contributed by atoms with Gasteiger partial charge in [0.05, 0.1) is 4.08 Å². The zero-order valence-electron chi connectivity index (χ0n) is 15.0. The maximum Gasteiger partial charge on any atom is 0.251 e. The first-order valence-corrected chi connectivity index (χ1v) is 12.5. The lowest BCUT2D eigenvalue weighted by Crippen LogP contribution is -2.47. The Hall–Kier alpha value is -0.170. The highest BCUT2D eigenvalue weighted by Gasteiger charge is 2.47. The van der Waals surface area contributed by atoms with E-state index in [1.165, 1.54) is 31.5 Å². The van der Waals surface area contributed by atoms with Gasteiger partial charge in [0.2, 0.25) is 0 Å². The van der Waals surface area contributed by atoms with Gasteiger partial charge in [0, 0.05) is 23.0 Å². The van der Waals surface area contributed by atoms with Crippen molar-refractivity contribution in [3.8, 4) is 0 Å². The van der Waals surface area contributed by atoms with Crippen molar-refractivity contribution in [2.75, 3.05) is 25.6 Å². The summed E-state index contributed by atoms with van der Waals surface area (Å²) in [5.74, 6) is 0.0633. The molecule has 0 aromatic heterocycles. The van der Waals surface area contributed by atoms with Crippen molar-refractivity contribution < 1.29 is 4.79 Å². The van der Waals surface area contributed by atoms with E-state index in [1.807, 2.05) is 47.8 Å². The number of benzene rings is 1. The van der Waals surface area contributed by atoms with Crippen LogP contribution in [0.4, 0.5) is 0 Å². The van der Waals surface area contributed by atoms with Crippen LogP contribution in [-0.2, 0) is 5.33 Å². The number of carbonyl (C=O) groups is 1. The molecule has 1 aromatic rings. The van der Waals surface area contributed by atoms with Crippen molar-refractivity contribution in [3.63, 3.8) is 0 Å². The number of amides is 1. The monoisotopic (exact) mass is 442 g/mol. The number of carbonyl (C=O) groups excluding carboxylic acids is 1. The van der Waals surface area contributed by atoms with Crippen molar-refractivity contribution in [3.05, 3.63) is 35.4 Å². The van der Waals surface area contributed by atoms with Gasteiger partial charge in [-0.15, -0.1) is 23.5 Å². The van der Waals surface area contributed by atoms with Crippen LogP contribution in [0, 0.1) is 0 Å². The molecule has 1 aliphatic heterocycles. The first-order chi connectivity index (χ1) is 12.1. The van der Waals surface area contributed by atoms with Gasteiger partial charge in [-0.25, -0.2) is 0 Å². The highest BCUT2D eigenvalue weighted by atomic mass is 79.9. The summed E-state index contributed by atoms with van der Waals surface area (Å²) in [6, 6.07) is 8.61. The predicted molar refractivity (Wildman–Crippen MR) is 114 cm³/mol. The zero-order valence-corrected chi connectivity index (χ0v) is 18.2. The van der Waals surface area contributed by atoms with E-state index in [-0.39, 0.29) is 16.0 Å². The van der Waals surface area contributed by atoms with Crippen molar-refractivity contribution >= 4 is 45.4 Å². The molecule has 1 N–H and O–H groups in total. The molecule has 3 rings (SSSR count). The topological polar surface area (TPSA) is 32.3 Å². The van der Waals surface area contributed by atoms with Crippen LogP contribution in [0.25, 0.3) is 0 Å². The Labute approximate surface area is 168 Å². The van der Waals surface area contributed by atoms with Crippen LogP contribution in [-0.4, -0.2) is 52.6 Å². The number of rotatable bonds is 6. The van der Waals surface area contributed by atoms with Gasteiger partial charge in [-0.1, -0.05) is 28.1 Å². The van der Waals surface area contributed by atoms with Gasteiger partial charge in [0.15, 0.2) is 0 Å². The average Bonchev–Trinajstić information content (AvgIpc) is 3.30. The number of hydrogen-bond acceptors (Lipinski definition) is 4. The minimum atomic E-state index is 0.0633. The Kier molecular flexibility index (Phi) is 6.80. The zero-order chi connectivity index (χ0) is 17.9. The third kappa shape index (κ3) is 4.40. The molecule has 0 spiro atoms. The summed E-state index contributed by atoms with van der Waals surface area (Å²) in [5.41, 5.74) is 1.95. The second-order valence-corrected chi connectivity index (χ2v) is 10.1. The number of hydrogen-bond donors (Lipinski definition) is 1. The smallest absolute Gasteiger partial charge is 0.251 e. The van der Waals surface area contributed by atoms with E-state index < -0.39 is 0 Å². The number of halogens is 1. The highest BCUT2D eigenvalue weighted by Crippen LogP contribution is 2.49. The minimum absolute atomic E-state index is 0.0633. The molecule has 1 aromatic carbocycles. The third-order valence-electron chi connectivity index (χ3n) is 5.56. The van der Waals surface area contributed by atoms with Crippen molar-refractivity contribution in [1.29, 1.82) is 0 Å². The van der Waals surface area contributed by atoms with Crippen LogP contribution in [0.3, 0.4) is 0 Å². The molecule has 6 heteroatoms. The third-order valence-corrected chi connectivity index (χ3v) is 9.36. The first kappa shape index (κ1) is 19.6. The molecule has 1 saturated carbocycles. The molecule has 0 radical (unpaired) electrons. The SMILES string of the molecule is CSC1(SC)CC(NC(=O)c2ccc(CBr)cc2)C(N2CCCC2)C1. The molecule has 2 fully saturated rings. The maximum absolute atomic E-state index is 12.8. The van der Waals surface area contributed by atoms with E-state index in [9.17, 15) is 4.79 Å². The molecular formula is C19H27BrN2OS2. The highest BCUT2D eigenvalue weighted by molar-refractivity contribution is 9.08. The van der Waals surface area contributed by atoms with E-state index >= 15 is 0 Å². The fourth-order valence-corrected chi connectivity index (χ4v) is 6.44. The molecule has 0 bridgehead atoms. The molecule has 3 nitrogen and oxygen atoms in total. The number of nitrogens with one attached hydrogen (secondary N) is 1. The maximum atomic E-state index is 12.8. The van der Waals surface area contributed by atoms with Gasteiger partial charge < -0.3 is 5.32 Å². The second kappa shape index (κ2) is 8.68. The Morgan fingerprint density at radius 2 is 1.84 bits per heavy atom. The standard InChI is InChI=1S/C19H27BrN2OS2/c1-24-19(25-2)11-16(17(12-19)22-9-3-4-10-22)21-18(23)15-7-5-14(13-20)6-8-15/h5-8,16-17H,3-4,9-13H2,1-2H3,(H,21,23). The Morgan fingerprint density at radius 3 is 2.40 bits per heavy atom. The second-order valence-electron chi connectivity index (χ2n) is 6.95. The summed E-state index contributed by atoms with van der Waals surface area (Å²) in [7, 11) is 0. The van der Waals surface area contributed by atoms with E-state index in [0.29, 0.717) is 6.04 Å². The number of likely N-dealkylation sites (tertiary alicyclic amines) is 1. The molecular weight excluding hydrogens is 416 g/mol. The Morgan fingerprint density at radius 1 is 1.20 bits per heavy atom. The largest absolute Gasteiger partial charge is 0.348 e. The van der Waals surface area contributed by atoms with Gasteiger partial charge in [0.25, 0.3) is 5.91 Å². The normalized spacial score (nSPS) is 26.0. The molecule has 1 aliphatic carbocycles. The molecule has 2 aliphatic rings.